The maximum absolute atomic E-state index is 12.9. The van der Waals surface area contributed by atoms with Crippen molar-refractivity contribution in [1.29, 1.82) is 0 Å². The normalized spacial score (nSPS) is 11.1. The van der Waals surface area contributed by atoms with E-state index in [1.807, 2.05) is 0 Å². The van der Waals surface area contributed by atoms with Crippen LogP contribution in [0.4, 0.5) is 18.9 Å². The average molecular weight is 429 g/mol. The van der Waals surface area contributed by atoms with E-state index in [9.17, 15) is 32.7 Å². The van der Waals surface area contributed by atoms with Gasteiger partial charge in [-0.15, -0.1) is 0 Å². The van der Waals surface area contributed by atoms with Crippen molar-refractivity contribution in [3.8, 4) is 11.1 Å². The standard InChI is InChI=1S/C22H14F3NO5/c23-22(24,25)15-3-1-2-13(10-15)12-4-7-16(8-5-12)26-19(27)18-11-14(20(28)29)6-9-17(18)21(30)31/h1-11H,(H,26,27)(H,28,29)(H,30,31). The average Bonchev–Trinajstić information content (AvgIpc) is 2.73. The number of carboxylic acids is 2. The zero-order chi connectivity index (χ0) is 22.8. The Morgan fingerprint density at radius 1 is 0.742 bits per heavy atom. The van der Waals surface area contributed by atoms with Gasteiger partial charge >= 0.3 is 18.1 Å². The Labute approximate surface area is 173 Å². The lowest BCUT2D eigenvalue weighted by atomic mass is 10.0. The minimum Gasteiger partial charge on any atom is -0.478 e. The minimum atomic E-state index is -4.48. The summed E-state index contributed by atoms with van der Waals surface area (Å²) >= 11 is 0. The highest BCUT2D eigenvalue weighted by Gasteiger charge is 2.30. The van der Waals surface area contributed by atoms with Crippen LogP contribution in [0.25, 0.3) is 11.1 Å². The summed E-state index contributed by atoms with van der Waals surface area (Å²) in [6.45, 7) is 0. The molecule has 31 heavy (non-hydrogen) atoms. The first kappa shape index (κ1) is 21.6. The molecule has 0 saturated carbocycles. The number of halogens is 3. The van der Waals surface area contributed by atoms with Crippen LogP contribution in [-0.2, 0) is 6.18 Å². The van der Waals surface area contributed by atoms with Crippen LogP contribution in [0.3, 0.4) is 0 Å². The molecule has 3 aromatic rings. The van der Waals surface area contributed by atoms with E-state index in [4.69, 9.17) is 5.11 Å². The summed E-state index contributed by atoms with van der Waals surface area (Å²) in [5, 5.41) is 20.8. The predicted molar refractivity (Wildman–Crippen MR) is 105 cm³/mol. The monoisotopic (exact) mass is 429 g/mol. The Morgan fingerprint density at radius 2 is 1.42 bits per heavy atom. The molecule has 0 spiro atoms. The van der Waals surface area contributed by atoms with Crippen LogP contribution in [0.1, 0.15) is 36.6 Å². The lowest BCUT2D eigenvalue weighted by Gasteiger charge is -2.11. The number of aromatic carboxylic acids is 2. The number of hydrogen-bond donors (Lipinski definition) is 3. The van der Waals surface area contributed by atoms with Gasteiger partial charge in [-0.2, -0.15) is 13.2 Å². The van der Waals surface area contributed by atoms with E-state index in [1.165, 1.54) is 36.4 Å². The van der Waals surface area contributed by atoms with Crippen molar-refractivity contribution < 1.29 is 37.8 Å². The van der Waals surface area contributed by atoms with Gasteiger partial charge in [0.15, 0.2) is 0 Å². The molecule has 0 fully saturated rings. The van der Waals surface area contributed by atoms with Gasteiger partial charge in [-0.3, -0.25) is 4.79 Å². The molecular formula is C22H14F3NO5. The number of benzene rings is 3. The second-order valence-corrected chi connectivity index (χ2v) is 6.48. The second-order valence-electron chi connectivity index (χ2n) is 6.48. The third kappa shape index (κ3) is 4.89. The summed E-state index contributed by atoms with van der Waals surface area (Å²) in [6, 6.07) is 13.7. The van der Waals surface area contributed by atoms with Gasteiger partial charge in [0.1, 0.15) is 0 Å². The third-order valence-electron chi connectivity index (χ3n) is 4.41. The van der Waals surface area contributed by atoms with Crippen LogP contribution in [-0.4, -0.2) is 28.1 Å². The van der Waals surface area contributed by atoms with Crippen molar-refractivity contribution in [2.45, 2.75) is 6.18 Å². The summed E-state index contributed by atoms with van der Waals surface area (Å²) in [5.74, 6) is -3.56. The molecule has 6 nitrogen and oxygen atoms in total. The highest BCUT2D eigenvalue weighted by molar-refractivity contribution is 6.11. The first-order valence-electron chi connectivity index (χ1n) is 8.76. The molecule has 0 unspecified atom stereocenters. The number of nitrogens with one attached hydrogen (secondary N) is 1. The van der Waals surface area contributed by atoms with Crippen LogP contribution in [0.5, 0.6) is 0 Å². The molecule has 1 amide bonds. The van der Waals surface area contributed by atoms with E-state index in [1.54, 1.807) is 0 Å². The van der Waals surface area contributed by atoms with Gasteiger partial charge in [-0.1, -0.05) is 24.3 Å². The zero-order valence-electron chi connectivity index (χ0n) is 15.6. The van der Waals surface area contributed by atoms with Crippen molar-refractivity contribution in [3.05, 3.63) is 89.0 Å². The van der Waals surface area contributed by atoms with Gasteiger partial charge in [-0.05, 0) is 53.6 Å². The van der Waals surface area contributed by atoms with E-state index >= 15 is 0 Å². The van der Waals surface area contributed by atoms with Crippen molar-refractivity contribution in [2.24, 2.45) is 0 Å². The van der Waals surface area contributed by atoms with E-state index in [0.717, 1.165) is 30.3 Å². The van der Waals surface area contributed by atoms with E-state index in [-0.39, 0.29) is 22.4 Å². The quantitative estimate of drug-likeness (QED) is 0.528. The molecule has 0 atom stereocenters. The molecule has 0 radical (unpaired) electrons. The van der Waals surface area contributed by atoms with Crippen molar-refractivity contribution in [2.75, 3.05) is 5.32 Å². The molecule has 0 heterocycles. The van der Waals surface area contributed by atoms with Gasteiger partial charge in [0.25, 0.3) is 5.91 Å². The zero-order valence-corrected chi connectivity index (χ0v) is 15.6. The van der Waals surface area contributed by atoms with E-state index < -0.39 is 29.6 Å². The fourth-order valence-electron chi connectivity index (χ4n) is 2.87. The maximum Gasteiger partial charge on any atom is 0.416 e. The summed E-state index contributed by atoms with van der Waals surface area (Å²) in [6.07, 6.45) is -4.48. The Bertz CT molecular complexity index is 1170. The summed E-state index contributed by atoms with van der Waals surface area (Å²) in [4.78, 5) is 35.0. The summed E-state index contributed by atoms with van der Waals surface area (Å²) < 4.78 is 38.7. The van der Waals surface area contributed by atoms with Gasteiger partial charge < -0.3 is 15.5 Å². The first-order valence-corrected chi connectivity index (χ1v) is 8.76. The lowest BCUT2D eigenvalue weighted by molar-refractivity contribution is -0.137. The van der Waals surface area contributed by atoms with E-state index in [2.05, 4.69) is 5.32 Å². The summed E-state index contributed by atoms with van der Waals surface area (Å²) in [7, 11) is 0. The van der Waals surface area contributed by atoms with Crippen molar-refractivity contribution in [1.82, 2.24) is 0 Å². The van der Waals surface area contributed by atoms with E-state index in [0.29, 0.717) is 11.1 Å². The highest BCUT2D eigenvalue weighted by Crippen LogP contribution is 2.32. The second kappa shape index (κ2) is 8.31. The number of carboxylic acid groups (broad SMARTS) is 2. The van der Waals surface area contributed by atoms with Crippen LogP contribution < -0.4 is 5.32 Å². The molecule has 3 N–H and O–H groups in total. The van der Waals surface area contributed by atoms with Crippen molar-refractivity contribution in [3.63, 3.8) is 0 Å². The molecular weight excluding hydrogens is 415 g/mol. The minimum absolute atomic E-state index is 0.248. The molecule has 0 aliphatic heterocycles. The highest BCUT2D eigenvalue weighted by atomic mass is 19.4. The molecule has 9 heteroatoms. The Morgan fingerprint density at radius 3 is 2.00 bits per heavy atom. The van der Waals surface area contributed by atoms with Gasteiger partial charge in [0.2, 0.25) is 0 Å². The molecule has 158 valence electrons. The smallest absolute Gasteiger partial charge is 0.416 e. The fourth-order valence-corrected chi connectivity index (χ4v) is 2.87. The SMILES string of the molecule is O=C(O)c1ccc(C(=O)O)c(C(=O)Nc2ccc(-c3cccc(C(F)(F)F)c3)cc2)c1. The van der Waals surface area contributed by atoms with Crippen LogP contribution in [0.15, 0.2) is 66.7 Å². The molecule has 0 aliphatic carbocycles. The van der Waals surface area contributed by atoms with Crippen LogP contribution in [0.2, 0.25) is 0 Å². The number of anilines is 1. The molecule has 0 bridgehead atoms. The Kier molecular flexibility index (Phi) is 5.78. The first-order chi connectivity index (χ1) is 14.6. The topological polar surface area (TPSA) is 104 Å². The Hall–Kier alpha value is -4.14. The molecule has 0 saturated heterocycles. The molecule has 3 rings (SSSR count). The third-order valence-corrected chi connectivity index (χ3v) is 4.41. The number of amides is 1. The number of hydrogen-bond acceptors (Lipinski definition) is 3. The number of carbonyl (C=O) groups excluding carboxylic acids is 1. The Balaban J connectivity index is 1.85. The maximum atomic E-state index is 12.9. The summed E-state index contributed by atoms with van der Waals surface area (Å²) in [5.41, 5.74) is -0.703. The van der Waals surface area contributed by atoms with Gasteiger partial charge in [0, 0.05) is 5.69 Å². The predicted octanol–water partition coefficient (Wildman–Crippen LogP) is 5.02. The number of carbonyl (C=O) groups is 3. The molecule has 3 aromatic carbocycles. The molecule has 0 aliphatic rings. The largest absolute Gasteiger partial charge is 0.478 e. The van der Waals surface area contributed by atoms with Gasteiger partial charge in [0.05, 0.1) is 22.3 Å². The number of alkyl halides is 3. The van der Waals surface area contributed by atoms with Crippen molar-refractivity contribution >= 4 is 23.5 Å². The molecule has 0 aromatic heterocycles. The lowest BCUT2D eigenvalue weighted by Crippen LogP contribution is -2.17. The fraction of sp³-hybridized carbons (Fsp3) is 0.0455. The van der Waals surface area contributed by atoms with Crippen LogP contribution >= 0.6 is 0 Å². The van der Waals surface area contributed by atoms with Crippen LogP contribution in [0, 0.1) is 0 Å². The number of rotatable bonds is 5. The van der Waals surface area contributed by atoms with Gasteiger partial charge in [-0.25, -0.2) is 9.59 Å².